The predicted molar refractivity (Wildman–Crippen MR) is 103 cm³/mol. The molecule has 0 aromatic carbocycles. The number of carbonyl (C=O) groups excluding carboxylic acids is 2. The van der Waals surface area contributed by atoms with Crippen molar-refractivity contribution in [3.8, 4) is 0 Å². The van der Waals surface area contributed by atoms with Gasteiger partial charge in [0.05, 0.1) is 6.10 Å². The monoisotopic (exact) mass is 390 g/mol. The molecule has 0 radical (unpaired) electrons. The zero-order chi connectivity index (χ0) is 20.5. The lowest BCUT2D eigenvalue weighted by Crippen LogP contribution is -2.34. The topological polar surface area (TPSA) is 85.4 Å². The van der Waals surface area contributed by atoms with Crippen LogP contribution in [-0.2, 0) is 23.8 Å². The van der Waals surface area contributed by atoms with Crippen molar-refractivity contribution < 1.29 is 28.9 Å². The van der Waals surface area contributed by atoms with Gasteiger partial charge in [0.15, 0.2) is 0 Å². The van der Waals surface area contributed by atoms with Crippen molar-refractivity contribution in [2.24, 2.45) is 5.92 Å². The molecule has 5 unspecified atom stereocenters. The number of ether oxygens (including phenoxy) is 3. The summed E-state index contributed by atoms with van der Waals surface area (Å²) in [6.07, 6.45) is 6.29. The minimum atomic E-state index is -0.873. The maximum atomic E-state index is 12.1. The first kappa shape index (κ1) is 20.8. The minimum Gasteiger partial charge on any atom is -0.463 e. The molecule has 0 aromatic rings. The van der Waals surface area contributed by atoms with Gasteiger partial charge in [0.25, 0.3) is 0 Å². The number of aliphatic hydroxyl groups is 1. The molecule has 0 bridgehead atoms. The van der Waals surface area contributed by atoms with Crippen molar-refractivity contribution in [2.45, 2.75) is 76.8 Å². The summed E-state index contributed by atoms with van der Waals surface area (Å²) in [7, 11) is 0. The van der Waals surface area contributed by atoms with Crippen molar-refractivity contribution in [1.29, 1.82) is 0 Å². The van der Waals surface area contributed by atoms with E-state index in [1.165, 1.54) is 12.5 Å². The highest BCUT2D eigenvalue weighted by molar-refractivity contribution is 5.91. The maximum absolute atomic E-state index is 12.1. The molecule has 2 fully saturated rings. The van der Waals surface area contributed by atoms with E-state index in [0.717, 1.165) is 31.3 Å². The third kappa shape index (κ3) is 4.39. The number of fused-ring (bicyclic) bond motifs is 2. The van der Waals surface area contributed by atoms with Gasteiger partial charge >= 0.3 is 11.9 Å². The predicted octanol–water partition coefficient (Wildman–Crippen LogP) is 3.00. The SMILES string of the molecule is C=C1C(=O)OC2C(O)C(C)=CCCC(C)=CCCC3(COC(C)=O)OC3CC12. The Kier molecular flexibility index (Phi) is 6.10. The van der Waals surface area contributed by atoms with Crippen LogP contribution in [0.4, 0.5) is 0 Å². The van der Waals surface area contributed by atoms with Gasteiger partial charge < -0.3 is 19.3 Å². The highest BCUT2D eigenvalue weighted by Gasteiger charge is 2.59. The summed E-state index contributed by atoms with van der Waals surface area (Å²) in [5, 5.41) is 10.8. The van der Waals surface area contributed by atoms with E-state index in [-0.39, 0.29) is 24.6 Å². The van der Waals surface area contributed by atoms with Gasteiger partial charge in [-0.2, -0.15) is 0 Å². The molecular weight excluding hydrogens is 360 g/mol. The van der Waals surface area contributed by atoms with Crippen LogP contribution >= 0.6 is 0 Å². The van der Waals surface area contributed by atoms with Crippen molar-refractivity contribution in [2.75, 3.05) is 6.61 Å². The second-order valence-corrected chi connectivity index (χ2v) is 8.21. The fourth-order valence-electron chi connectivity index (χ4n) is 4.15. The van der Waals surface area contributed by atoms with Crippen molar-refractivity contribution in [3.63, 3.8) is 0 Å². The first-order valence-electron chi connectivity index (χ1n) is 9.95. The molecule has 3 rings (SSSR count). The first-order chi connectivity index (χ1) is 13.2. The van der Waals surface area contributed by atoms with Crippen LogP contribution in [-0.4, -0.2) is 47.6 Å². The molecule has 2 aliphatic heterocycles. The van der Waals surface area contributed by atoms with Gasteiger partial charge in [0.1, 0.15) is 24.4 Å². The lowest BCUT2D eigenvalue weighted by Gasteiger charge is -2.24. The van der Waals surface area contributed by atoms with Crippen LogP contribution in [0.25, 0.3) is 0 Å². The molecule has 6 nitrogen and oxygen atoms in total. The summed E-state index contributed by atoms with van der Waals surface area (Å²) in [6, 6.07) is 0. The summed E-state index contributed by atoms with van der Waals surface area (Å²) in [4.78, 5) is 23.4. The molecule has 0 amide bonds. The van der Waals surface area contributed by atoms with Crippen LogP contribution in [0, 0.1) is 5.92 Å². The Morgan fingerprint density at radius 2 is 2.11 bits per heavy atom. The second-order valence-electron chi connectivity index (χ2n) is 8.21. The summed E-state index contributed by atoms with van der Waals surface area (Å²) in [5.74, 6) is -1.13. The Hall–Kier alpha value is -1.92. The Bertz CT molecular complexity index is 721. The molecule has 5 atom stereocenters. The van der Waals surface area contributed by atoms with Crippen LogP contribution in [0.15, 0.2) is 35.5 Å². The number of epoxide rings is 1. The third-order valence-corrected chi connectivity index (χ3v) is 6.09. The van der Waals surface area contributed by atoms with Crippen LogP contribution in [0.3, 0.4) is 0 Å². The van der Waals surface area contributed by atoms with Crippen LogP contribution in [0.1, 0.15) is 52.9 Å². The molecule has 3 aliphatic rings. The minimum absolute atomic E-state index is 0.168. The van der Waals surface area contributed by atoms with Gasteiger partial charge in [-0.1, -0.05) is 24.3 Å². The number of aliphatic hydroxyl groups excluding tert-OH is 1. The number of hydrogen-bond donors (Lipinski definition) is 1. The smallest absolute Gasteiger partial charge is 0.334 e. The summed E-state index contributed by atoms with van der Waals surface area (Å²) in [6.45, 7) is 9.42. The third-order valence-electron chi connectivity index (χ3n) is 6.09. The number of carbonyl (C=O) groups is 2. The average Bonchev–Trinajstić information content (AvgIpc) is 3.25. The molecule has 28 heavy (non-hydrogen) atoms. The normalized spacial score (nSPS) is 36.3. The van der Waals surface area contributed by atoms with Gasteiger partial charge in [-0.05, 0) is 51.5 Å². The fraction of sp³-hybridized carbons (Fsp3) is 0.636. The highest BCUT2D eigenvalue weighted by atomic mass is 16.6. The van der Waals surface area contributed by atoms with Crippen molar-refractivity contribution in [3.05, 3.63) is 35.5 Å². The van der Waals surface area contributed by atoms with Gasteiger partial charge in [-0.3, -0.25) is 4.79 Å². The van der Waals surface area contributed by atoms with Crippen LogP contribution in [0.5, 0.6) is 0 Å². The summed E-state index contributed by atoms with van der Waals surface area (Å²) >= 11 is 0. The Balaban J connectivity index is 1.85. The summed E-state index contributed by atoms with van der Waals surface area (Å²) in [5.41, 5.74) is 1.90. The molecular formula is C22H30O6. The van der Waals surface area contributed by atoms with E-state index in [1.807, 2.05) is 13.0 Å². The van der Waals surface area contributed by atoms with E-state index < -0.39 is 23.8 Å². The average molecular weight is 390 g/mol. The number of hydrogen-bond acceptors (Lipinski definition) is 6. The van der Waals surface area contributed by atoms with Gasteiger partial charge in [0, 0.05) is 18.4 Å². The van der Waals surface area contributed by atoms with E-state index in [1.54, 1.807) is 0 Å². The molecule has 2 saturated heterocycles. The molecule has 1 aliphatic carbocycles. The molecule has 1 N–H and O–H groups in total. The lowest BCUT2D eigenvalue weighted by molar-refractivity contribution is -0.143. The van der Waals surface area contributed by atoms with E-state index in [2.05, 4.69) is 19.6 Å². The number of allylic oxidation sites excluding steroid dienone is 3. The molecule has 6 heteroatoms. The number of rotatable bonds is 2. The highest BCUT2D eigenvalue weighted by Crippen LogP contribution is 2.48. The van der Waals surface area contributed by atoms with Gasteiger partial charge in [-0.15, -0.1) is 0 Å². The molecule has 0 aromatic heterocycles. The van der Waals surface area contributed by atoms with Gasteiger partial charge in [0.2, 0.25) is 0 Å². The quantitative estimate of drug-likeness (QED) is 0.338. The number of esters is 2. The lowest BCUT2D eigenvalue weighted by atomic mass is 9.84. The molecule has 0 saturated carbocycles. The maximum Gasteiger partial charge on any atom is 0.334 e. The summed E-state index contributed by atoms with van der Waals surface area (Å²) < 4.78 is 16.7. The zero-order valence-corrected chi connectivity index (χ0v) is 16.9. The largest absolute Gasteiger partial charge is 0.463 e. The zero-order valence-electron chi connectivity index (χ0n) is 16.9. The Labute approximate surface area is 166 Å². The van der Waals surface area contributed by atoms with E-state index in [9.17, 15) is 14.7 Å². The fourth-order valence-corrected chi connectivity index (χ4v) is 4.15. The van der Waals surface area contributed by atoms with Crippen molar-refractivity contribution in [1.82, 2.24) is 0 Å². The van der Waals surface area contributed by atoms with Crippen LogP contribution < -0.4 is 0 Å². The molecule has 0 spiro atoms. The second kappa shape index (κ2) is 8.21. The molecule has 154 valence electrons. The molecule has 2 heterocycles. The Morgan fingerprint density at radius 1 is 1.36 bits per heavy atom. The van der Waals surface area contributed by atoms with E-state index in [0.29, 0.717) is 12.0 Å². The van der Waals surface area contributed by atoms with E-state index in [4.69, 9.17) is 14.2 Å². The first-order valence-corrected chi connectivity index (χ1v) is 9.95. The van der Waals surface area contributed by atoms with Crippen molar-refractivity contribution >= 4 is 11.9 Å². The standard InChI is InChI=1S/C22H30O6/c1-13-7-5-9-14(2)19(24)20-17(15(3)21(25)27-20)11-18-22(28-18,10-6-8-13)12-26-16(4)23/h8-9,17-20,24H,3,5-7,10-12H2,1-2,4H3. The Morgan fingerprint density at radius 3 is 2.82 bits per heavy atom. The van der Waals surface area contributed by atoms with Gasteiger partial charge in [-0.25, -0.2) is 4.79 Å². The van der Waals surface area contributed by atoms with E-state index >= 15 is 0 Å². The van der Waals surface area contributed by atoms with Crippen LogP contribution in [0.2, 0.25) is 0 Å².